The van der Waals surface area contributed by atoms with Crippen LogP contribution in [0.1, 0.15) is 24.8 Å². The summed E-state index contributed by atoms with van der Waals surface area (Å²) in [5.74, 6) is 0.238. The van der Waals surface area contributed by atoms with E-state index in [9.17, 15) is 13.2 Å². The zero-order valence-electron chi connectivity index (χ0n) is 14.0. The van der Waals surface area contributed by atoms with Gasteiger partial charge in [-0.15, -0.1) is 0 Å². The first-order valence-electron chi connectivity index (χ1n) is 8.49. The highest BCUT2D eigenvalue weighted by Crippen LogP contribution is 2.23. The van der Waals surface area contributed by atoms with Crippen LogP contribution in [0.3, 0.4) is 0 Å². The van der Waals surface area contributed by atoms with Gasteiger partial charge in [-0.1, -0.05) is 29.8 Å². The first-order chi connectivity index (χ1) is 11.5. The number of hydrogen-bond donors (Lipinski definition) is 0. The highest BCUT2D eigenvalue weighted by atomic mass is 32.2. The Morgan fingerprint density at radius 3 is 2.29 bits per heavy atom. The maximum absolute atomic E-state index is 12.7. The number of carbonyl (C=O) groups is 1. The molecule has 24 heavy (non-hydrogen) atoms. The van der Waals surface area contributed by atoms with Crippen LogP contribution in [0.2, 0.25) is 0 Å². The second-order valence-corrected chi connectivity index (χ2v) is 8.46. The Morgan fingerprint density at radius 2 is 1.71 bits per heavy atom. The van der Waals surface area contributed by atoms with E-state index in [1.807, 2.05) is 24.0 Å². The van der Waals surface area contributed by atoms with Crippen LogP contribution < -0.4 is 0 Å². The molecule has 3 rings (SSSR count). The molecule has 0 aromatic heterocycles. The zero-order chi connectivity index (χ0) is 17.2. The molecule has 2 aliphatic rings. The summed E-state index contributed by atoms with van der Waals surface area (Å²) in [5.41, 5.74) is 1.03. The molecule has 130 valence electrons. The van der Waals surface area contributed by atoms with Crippen LogP contribution in [0, 0.1) is 12.8 Å². The van der Waals surface area contributed by atoms with Crippen molar-refractivity contribution < 1.29 is 13.2 Å². The largest absolute Gasteiger partial charge is 0.340 e. The maximum atomic E-state index is 12.7. The molecule has 1 fully saturated rings. The molecule has 0 unspecified atom stereocenters. The number of allylic oxidation sites excluding steroid dienone is 2. The molecule has 0 saturated carbocycles. The van der Waals surface area contributed by atoms with Gasteiger partial charge in [0.05, 0.1) is 4.90 Å². The van der Waals surface area contributed by atoms with E-state index in [0.717, 1.165) is 24.8 Å². The van der Waals surface area contributed by atoms with Gasteiger partial charge in [-0.3, -0.25) is 4.79 Å². The molecular weight excluding hydrogens is 324 g/mol. The summed E-state index contributed by atoms with van der Waals surface area (Å²) in [5, 5.41) is 0. The van der Waals surface area contributed by atoms with Gasteiger partial charge in [0.25, 0.3) is 0 Å². The quantitative estimate of drug-likeness (QED) is 0.787. The predicted molar refractivity (Wildman–Crippen MR) is 93.0 cm³/mol. The van der Waals surface area contributed by atoms with E-state index in [4.69, 9.17) is 0 Å². The third kappa shape index (κ3) is 3.54. The van der Waals surface area contributed by atoms with Crippen molar-refractivity contribution in [3.05, 3.63) is 42.0 Å². The average Bonchev–Trinajstić information content (AvgIpc) is 2.62. The lowest BCUT2D eigenvalue weighted by Gasteiger charge is -2.36. The Hall–Kier alpha value is -1.66. The summed E-state index contributed by atoms with van der Waals surface area (Å²) in [7, 11) is -3.47. The molecule has 1 aliphatic heterocycles. The average molecular weight is 348 g/mol. The third-order valence-electron chi connectivity index (χ3n) is 4.83. The first kappa shape index (κ1) is 17.2. The number of amides is 1. The highest BCUT2D eigenvalue weighted by Gasteiger charge is 2.32. The third-order valence-corrected chi connectivity index (χ3v) is 6.74. The highest BCUT2D eigenvalue weighted by molar-refractivity contribution is 7.89. The number of benzene rings is 1. The lowest BCUT2D eigenvalue weighted by molar-refractivity contribution is -0.137. The number of carbonyl (C=O) groups excluding carboxylic acids is 1. The number of aryl methyl sites for hydroxylation is 1. The molecule has 1 aromatic carbocycles. The van der Waals surface area contributed by atoms with Gasteiger partial charge in [0.1, 0.15) is 0 Å². The van der Waals surface area contributed by atoms with E-state index < -0.39 is 10.0 Å². The Balaban J connectivity index is 1.63. The molecule has 0 N–H and O–H groups in total. The van der Waals surface area contributed by atoms with E-state index in [1.165, 1.54) is 4.31 Å². The van der Waals surface area contributed by atoms with Crippen LogP contribution in [0.25, 0.3) is 0 Å². The Kier molecular flexibility index (Phi) is 5.06. The van der Waals surface area contributed by atoms with Crippen LogP contribution in [0.15, 0.2) is 41.3 Å². The summed E-state index contributed by atoms with van der Waals surface area (Å²) in [6, 6.07) is 6.92. The molecule has 0 bridgehead atoms. The Morgan fingerprint density at radius 1 is 1.04 bits per heavy atom. The second kappa shape index (κ2) is 7.07. The lowest BCUT2D eigenvalue weighted by atomic mass is 9.93. The van der Waals surface area contributed by atoms with Gasteiger partial charge in [-0.2, -0.15) is 4.31 Å². The van der Waals surface area contributed by atoms with Crippen molar-refractivity contribution >= 4 is 15.9 Å². The summed E-state index contributed by atoms with van der Waals surface area (Å²) in [4.78, 5) is 14.7. The van der Waals surface area contributed by atoms with Crippen molar-refractivity contribution in [2.24, 2.45) is 5.92 Å². The molecule has 1 saturated heterocycles. The van der Waals surface area contributed by atoms with Crippen LogP contribution in [0.5, 0.6) is 0 Å². The van der Waals surface area contributed by atoms with E-state index in [2.05, 4.69) is 12.2 Å². The predicted octanol–water partition coefficient (Wildman–Crippen LogP) is 2.18. The number of nitrogens with zero attached hydrogens (tertiary/aromatic N) is 2. The molecular formula is C18H24N2O3S. The topological polar surface area (TPSA) is 57.7 Å². The first-order valence-corrected chi connectivity index (χ1v) is 9.93. The Bertz CT molecular complexity index is 717. The van der Waals surface area contributed by atoms with Crippen molar-refractivity contribution in [2.75, 3.05) is 26.2 Å². The van der Waals surface area contributed by atoms with Crippen molar-refractivity contribution in [1.82, 2.24) is 9.21 Å². The van der Waals surface area contributed by atoms with Gasteiger partial charge in [-0.05, 0) is 38.3 Å². The molecule has 1 atom stereocenters. The lowest BCUT2D eigenvalue weighted by Crippen LogP contribution is -2.51. The van der Waals surface area contributed by atoms with Crippen molar-refractivity contribution in [1.29, 1.82) is 0 Å². The van der Waals surface area contributed by atoms with Gasteiger partial charge >= 0.3 is 0 Å². The second-order valence-electron chi connectivity index (χ2n) is 6.52. The molecule has 1 aromatic rings. The maximum Gasteiger partial charge on any atom is 0.243 e. The van der Waals surface area contributed by atoms with E-state index >= 15 is 0 Å². The molecule has 6 heteroatoms. The summed E-state index contributed by atoms with van der Waals surface area (Å²) < 4.78 is 26.9. The monoisotopic (exact) mass is 348 g/mol. The van der Waals surface area contributed by atoms with Gasteiger partial charge in [-0.25, -0.2) is 8.42 Å². The van der Waals surface area contributed by atoms with Gasteiger partial charge < -0.3 is 4.90 Å². The minimum absolute atomic E-state index is 0.0651. The normalized spacial score (nSPS) is 22.5. The summed E-state index contributed by atoms with van der Waals surface area (Å²) >= 11 is 0. The Labute approximate surface area is 144 Å². The zero-order valence-corrected chi connectivity index (χ0v) is 14.8. The minimum atomic E-state index is -3.47. The van der Waals surface area contributed by atoms with Crippen LogP contribution in [0.4, 0.5) is 0 Å². The van der Waals surface area contributed by atoms with Gasteiger partial charge in [0.15, 0.2) is 0 Å². The van der Waals surface area contributed by atoms with Crippen molar-refractivity contribution in [2.45, 2.75) is 31.1 Å². The SMILES string of the molecule is Cc1ccc(S(=O)(=O)N2CCN(C(=O)[C@@H]3CC=CCC3)CC2)cc1. The summed E-state index contributed by atoms with van der Waals surface area (Å²) in [6.07, 6.45) is 6.86. The van der Waals surface area contributed by atoms with E-state index in [0.29, 0.717) is 31.1 Å². The number of rotatable bonds is 3. The van der Waals surface area contributed by atoms with Crippen LogP contribution in [-0.4, -0.2) is 49.7 Å². The fourth-order valence-electron chi connectivity index (χ4n) is 3.28. The molecule has 5 nitrogen and oxygen atoms in total. The number of sulfonamides is 1. The fraction of sp³-hybridized carbons (Fsp3) is 0.500. The van der Waals surface area contributed by atoms with Crippen molar-refractivity contribution in [3.8, 4) is 0 Å². The molecule has 1 heterocycles. The number of piperazine rings is 1. The molecule has 1 amide bonds. The number of hydrogen-bond acceptors (Lipinski definition) is 3. The molecule has 0 spiro atoms. The van der Waals surface area contributed by atoms with Crippen LogP contribution >= 0.6 is 0 Å². The molecule has 0 radical (unpaired) electrons. The van der Waals surface area contributed by atoms with E-state index in [-0.39, 0.29) is 11.8 Å². The van der Waals surface area contributed by atoms with Crippen LogP contribution in [-0.2, 0) is 14.8 Å². The van der Waals surface area contributed by atoms with E-state index in [1.54, 1.807) is 12.1 Å². The van der Waals surface area contributed by atoms with Crippen molar-refractivity contribution in [3.63, 3.8) is 0 Å². The van der Waals surface area contributed by atoms with Gasteiger partial charge in [0.2, 0.25) is 15.9 Å². The fourth-order valence-corrected chi connectivity index (χ4v) is 4.71. The smallest absolute Gasteiger partial charge is 0.243 e. The standard InChI is InChI=1S/C18H24N2O3S/c1-15-7-9-17(10-8-15)24(22,23)20-13-11-19(12-14-20)18(21)16-5-3-2-4-6-16/h2-3,7-10,16H,4-6,11-14H2,1H3/t16-/m1/s1. The summed E-state index contributed by atoms with van der Waals surface area (Å²) in [6.45, 7) is 3.62. The van der Waals surface area contributed by atoms with Gasteiger partial charge in [0, 0.05) is 32.1 Å². The molecule has 1 aliphatic carbocycles. The minimum Gasteiger partial charge on any atom is -0.340 e.